The third-order valence-electron chi connectivity index (χ3n) is 2.06. The highest BCUT2D eigenvalue weighted by Crippen LogP contribution is 2.17. The highest BCUT2D eigenvalue weighted by Gasteiger charge is 1.97. The minimum absolute atomic E-state index is 0. The molecule has 0 bridgehead atoms. The number of aryl methyl sites for hydroxylation is 1. The first-order valence-electron chi connectivity index (χ1n) is 4.97. The van der Waals surface area contributed by atoms with Crippen LogP contribution in [0.25, 0.3) is 10.9 Å². The summed E-state index contributed by atoms with van der Waals surface area (Å²) in [5.41, 5.74) is 2.64. The molecule has 0 amide bonds. The van der Waals surface area contributed by atoms with E-state index in [4.69, 9.17) is 0 Å². The Labute approximate surface area is 81.3 Å². The molecule has 1 heterocycles. The van der Waals surface area contributed by atoms with Gasteiger partial charge in [-0.25, -0.2) is 0 Å². The van der Waals surface area contributed by atoms with E-state index in [9.17, 15) is 0 Å². The van der Waals surface area contributed by atoms with Gasteiger partial charge >= 0.3 is 0 Å². The van der Waals surface area contributed by atoms with Crippen molar-refractivity contribution >= 4 is 10.9 Å². The molecule has 0 fully saturated rings. The van der Waals surface area contributed by atoms with Gasteiger partial charge in [0.1, 0.15) is 0 Å². The largest absolute Gasteiger partial charge is 0.361 e. The molecule has 72 valence electrons. The summed E-state index contributed by atoms with van der Waals surface area (Å²) in [6.07, 6.45) is 3.19. The molecule has 1 aromatic heterocycles. The van der Waals surface area contributed by atoms with Gasteiger partial charge in [0.25, 0.3) is 0 Å². The van der Waals surface area contributed by atoms with Crippen LogP contribution >= 0.6 is 0 Å². The van der Waals surface area contributed by atoms with Gasteiger partial charge in [0, 0.05) is 18.5 Å². The number of hydrogen-bond donors (Lipinski definition) is 1. The predicted molar refractivity (Wildman–Crippen MR) is 61.1 cm³/mol. The molecule has 2 rings (SSSR count). The minimum atomic E-state index is 0. The van der Waals surface area contributed by atoms with E-state index >= 15 is 0 Å². The van der Waals surface area contributed by atoms with E-state index in [-0.39, 0.29) is 1.43 Å². The predicted octanol–water partition coefficient (Wildman–Crippen LogP) is 4.00. The van der Waals surface area contributed by atoms with E-state index in [1.807, 2.05) is 13.8 Å². The number of benzene rings is 1. The molecule has 0 saturated carbocycles. The monoisotopic (exact) mass is 177 g/mol. The fourth-order valence-electron chi connectivity index (χ4n) is 1.42. The first-order valence-corrected chi connectivity index (χ1v) is 4.97. The lowest BCUT2D eigenvalue weighted by molar-refractivity contribution is 1.15. The Morgan fingerprint density at radius 2 is 1.92 bits per heavy atom. The lowest BCUT2D eigenvalue weighted by Gasteiger charge is -1.90. The number of aromatic amines is 1. The summed E-state index contributed by atoms with van der Waals surface area (Å²) in [7, 11) is 0. The molecule has 1 N–H and O–H groups in total. The normalized spacial score (nSPS) is 9.46. The van der Waals surface area contributed by atoms with Crippen LogP contribution in [0.15, 0.2) is 30.5 Å². The molecular formula is C12H19N. The van der Waals surface area contributed by atoms with E-state index in [2.05, 4.69) is 42.4 Å². The Morgan fingerprint density at radius 1 is 1.23 bits per heavy atom. The molecule has 0 aliphatic rings. The van der Waals surface area contributed by atoms with Crippen molar-refractivity contribution in [2.45, 2.75) is 27.2 Å². The molecule has 0 radical (unpaired) electrons. The number of rotatable bonds is 1. The molecule has 0 aliphatic carbocycles. The molecule has 1 aromatic carbocycles. The molecule has 1 heteroatoms. The fourth-order valence-corrected chi connectivity index (χ4v) is 1.42. The smallest absolute Gasteiger partial charge is 0.0456 e. The van der Waals surface area contributed by atoms with Crippen LogP contribution in [0.4, 0.5) is 0 Å². The Kier molecular flexibility index (Phi) is 3.56. The second kappa shape index (κ2) is 4.70. The zero-order chi connectivity index (χ0) is 9.68. The summed E-state index contributed by atoms with van der Waals surface area (Å²) in [6, 6.07) is 8.40. The van der Waals surface area contributed by atoms with Crippen LogP contribution in [-0.2, 0) is 6.42 Å². The maximum atomic E-state index is 3.24. The van der Waals surface area contributed by atoms with E-state index in [1.165, 1.54) is 16.5 Å². The van der Waals surface area contributed by atoms with Crippen molar-refractivity contribution in [1.29, 1.82) is 0 Å². The number of fused-ring (bicyclic) bond motifs is 1. The molecule has 0 aliphatic heterocycles. The van der Waals surface area contributed by atoms with Crippen LogP contribution in [0.3, 0.4) is 0 Å². The number of para-hydroxylation sites is 1. The maximum absolute atomic E-state index is 3.24. The van der Waals surface area contributed by atoms with Crippen molar-refractivity contribution in [2.75, 3.05) is 0 Å². The summed E-state index contributed by atoms with van der Waals surface area (Å²) >= 11 is 0. The molecule has 13 heavy (non-hydrogen) atoms. The first-order chi connectivity index (χ1) is 6.42. The number of aromatic nitrogens is 1. The summed E-state index contributed by atoms with van der Waals surface area (Å²) in [4.78, 5) is 3.24. The molecule has 1 nitrogen and oxygen atoms in total. The lowest BCUT2D eigenvalue weighted by Crippen LogP contribution is -1.72. The molecule has 2 aromatic rings. The van der Waals surface area contributed by atoms with Crippen molar-refractivity contribution in [2.24, 2.45) is 0 Å². The second-order valence-electron chi connectivity index (χ2n) is 2.71. The van der Waals surface area contributed by atoms with E-state index < -0.39 is 0 Å². The Balaban J connectivity index is 0.000000531. The van der Waals surface area contributed by atoms with Gasteiger partial charge in [0.2, 0.25) is 0 Å². The van der Waals surface area contributed by atoms with Crippen molar-refractivity contribution in [3.05, 3.63) is 36.0 Å². The van der Waals surface area contributed by atoms with Gasteiger partial charge in [-0.2, -0.15) is 0 Å². The Morgan fingerprint density at radius 3 is 2.62 bits per heavy atom. The standard InChI is InChI=1S/C10H11N.C2H6.H2/c1-2-8-7-11-10-6-4-3-5-9(8)10;1-2;/h3-7,11H,2H2,1H3;1-2H3;1H. The van der Waals surface area contributed by atoms with E-state index in [0.717, 1.165) is 6.42 Å². The number of nitrogens with one attached hydrogen (secondary N) is 1. The number of H-pyrrole nitrogens is 1. The van der Waals surface area contributed by atoms with Crippen molar-refractivity contribution in [3.8, 4) is 0 Å². The fraction of sp³-hybridized carbons (Fsp3) is 0.333. The van der Waals surface area contributed by atoms with Gasteiger partial charge in [0.05, 0.1) is 0 Å². The van der Waals surface area contributed by atoms with Crippen LogP contribution < -0.4 is 0 Å². The topological polar surface area (TPSA) is 15.8 Å². The average molecular weight is 177 g/mol. The van der Waals surface area contributed by atoms with Gasteiger partial charge in [0.15, 0.2) is 0 Å². The summed E-state index contributed by atoms with van der Waals surface area (Å²) < 4.78 is 0. The van der Waals surface area contributed by atoms with Crippen LogP contribution in [0.1, 0.15) is 27.8 Å². The van der Waals surface area contributed by atoms with Gasteiger partial charge in [-0.1, -0.05) is 39.0 Å². The molecule has 0 unspecified atom stereocenters. The first kappa shape index (κ1) is 9.85. The molecule has 0 atom stereocenters. The Hall–Kier alpha value is -1.24. The van der Waals surface area contributed by atoms with Crippen molar-refractivity contribution < 1.29 is 1.43 Å². The molecule has 0 spiro atoms. The van der Waals surface area contributed by atoms with Crippen molar-refractivity contribution in [3.63, 3.8) is 0 Å². The van der Waals surface area contributed by atoms with Gasteiger partial charge in [-0.15, -0.1) is 0 Å². The third kappa shape index (κ3) is 1.92. The minimum Gasteiger partial charge on any atom is -0.361 e. The summed E-state index contributed by atoms with van der Waals surface area (Å²) in [5.74, 6) is 0. The summed E-state index contributed by atoms with van der Waals surface area (Å²) in [6.45, 7) is 6.18. The Bertz CT molecular complexity index is 365. The van der Waals surface area contributed by atoms with E-state index in [0.29, 0.717) is 0 Å². The zero-order valence-electron chi connectivity index (χ0n) is 8.59. The molecular weight excluding hydrogens is 158 g/mol. The summed E-state index contributed by atoms with van der Waals surface area (Å²) in [5, 5.41) is 1.36. The maximum Gasteiger partial charge on any atom is 0.0456 e. The van der Waals surface area contributed by atoms with Crippen LogP contribution in [-0.4, -0.2) is 4.98 Å². The number of hydrogen-bond acceptors (Lipinski definition) is 0. The lowest BCUT2D eigenvalue weighted by atomic mass is 10.1. The SMILES string of the molecule is CC.CCc1c[nH]c2ccccc12.[HH]. The third-order valence-corrected chi connectivity index (χ3v) is 2.06. The van der Waals surface area contributed by atoms with E-state index in [1.54, 1.807) is 0 Å². The zero-order valence-corrected chi connectivity index (χ0v) is 8.59. The van der Waals surface area contributed by atoms with Crippen molar-refractivity contribution in [1.82, 2.24) is 4.98 Å². The van der Waals surface area contributed by atoms with Gasteiger partial charge < -0.3 is 4.98 Å². The highest BCUT2D eigenvalue weighted by molar-refractivity contribution is 5.82. The molecule has 0 saturated heterocycles. The van der Waals surface area contributed by atoms with Gasteiger partial charge in [-0.3, -0.25) is 0 Å². The van der Waals surface area contributed by atoms with Gasteiger partial charge in [-0.05, 0) is 18.1 Å². The van der Waals surface area contributed by atoms with Crippen LogP contribution in [0, 0.1) is 0 Å². The highest BCUT2D eigenvalue weighted by atomic mass is 14.7. The van der Waals surface area contributed by atoms with Crippen LogP contribution in [0.5, 0.6) is 0 Å². The van der Waals surface area contributed by atoms with Crippen LogP contribution in [0.2, 0.25) is 0 Å². The average Bonchev–Trinajstić information content (AvgIpc) is 2.64. The second-order valence-corrected chi connectivity index (χ2v) is 2.71. The quantitative estimate of drug-likeness (QED) is 0.677.